The standard InChI is InChI=1S/C10H8F3NO/c11-9(10(12)13)8-5-14-6-3-1-2-4-7(6)15-8/h1-5,8-10H. The molecule has 2 rings (SSSR count). The highest BCUT2D eigenvalue weighted by molar-refractivity contribution is 5.74. The van der Waals surface area contributed by atoms with Crippen LogP contribution in [0.2, 0.25) is 0 Å². The molecule has 2 atom stereocenters. The van der Waals surface area contributed by atoms with Crippen LogP contribution in [0.15, 0.2) is 29.3 Å². The second-order valence-corrected chi connectivity index (χ2v) is 3.11. The van der Waals surface area contributed by atoms with E-state index < -0.39 is 18.7 Å². The Balaban J connectivity index is 2.19. The lowest BCUT2D eigenvalue weighted by Gasteiger charge is -2.22. The predicted octanol–water partition coefficient (Wildman–Crippen LogP) is 2.75. The molecule has 1 heterocycles. The molecule has 0 radical (unpaired) electrons. The molecule has 0 N–H and O–H groups in total. The van der Waals surface area contributed by atoms with Gasteiger partial charge in [0.15, 0.2) is 6.10 Å². The topological polar surface area (TPSA) is 21.6 Å². The molecule has 0 aromatic heterocycles. The fraction of sp³-hybridized carbons (Fsp3) is 0.300. The molecular formula is C10H8F3NO. The third-order valence-corrected chi connectivity index (χ3v) is 2.04. The molecule has 0 saturated carbocycles. The molecule has 0 spiro atoms. The number of para-hydroxylation sites is 2. The van der Waals surface area contributed by atoms with E-state index in [-0.39, 0.29) is 0 Å². The average Bonchev–Trinajstić information content (AvgIpc) is 2.27. The highest BCUT2D eigenvalue weighted by atomic mass is 19.3. The lowest BCUT2D eigenvalue weighted by Crippen LogP contribution is -2.36. The Bertz CT molecular complexity index is 381. The van der Waals surface area contributed by atoms with Crippen LogP contribution in [0.25, 0.3) is 0 Å². The third kappa shape index (κ3) is 1.95. The van der Waals surface area contributed by atoms with Gasteiger partial charge in [0.25, 0.3) is 6.43 Å². The summed E-state index contributed by atoms with van der Waals surface area (Å²) in [6, 6.07) is 6.64. The van der Waals surface area contributed by atoms with Crippen molar-refractivity contribution in [3.05, 3.63) is 24.3 Å². The van der Waals surface area contributed by atoms with E-state index in [4.69, 9.17) is 4.74 Å². The summed E-state index contributed by atoms with van der Waals surface area (Å²) >= 11 is 0. The van der Waals surface area contributed by atoms with Crippen molar-refractivity contribution >= 4 is 11.9 Å². The van der Waals surface area contributed by atoms with Crippen LogP contribution in [0.1, 0.15) is 0 Å². The van der Waals surface area contributed by atoms with Crippen LogP contribution >= 0.6 is 0 Å². The van der Waals surface area contributed by atoms with Crippen molar-refractivity contribution in [3.8, 4) is 5.75 Å². The Labute approximate surface area is 84.4 Å². The number of nitrogens with zero attached hydrogens (tertiary/aromatic N) is 1. The van der Waals surface area contributed by atoms with Crippen molar-refractivity contribution in [1.29, 1.82) is 0 Å². The Morgan fingerprint density at radius 2 is 1.93 bits per heavy atom. The minimum Gasteiger partial charge on any atom is -0.479 e. The van der Waals surface area contributed by atoms with E-state index in [9.17, 15) is 13.2 Å². The first-order valence-corrected chi connectivity index (χ1v) is 4.40. The van der Waals surface area contributed by atoms with Crippen LogP contribution in [0.3, 0.4) is 0 Å². The molecule has 0 amide bonds. The van der Waals surface area contributed by atoms with Gasteiger partial charge in [-0.25, -0.2) is 13.2 Å². The number of rotatable bonds is 2. The second-order valence-electron chi connectivity index (χ2n) is 3.11. The molecule has 0 aliphatic carbocycles. The van der Waals surface area contributed by atoms with Crippen LogP contribution in [-0.2, 0) is 0 Å². The lowest BCUT2D eigenvalue weighted by atomic mass is 10.2. The number of aliphatic imine (C=N–C) groups is 1. The maximum absolute atomic E-state index is 12.9. The van der Waals surface area contributed by atoms with E-state index >= 15 is 0 Å². The van der Waals surface area contributed by atoms with Crippen molar-refractivity contribution < 1.29 is 17.9 Å². The SMILES string of the molecule is FC(F)C(F)C1C=Nc2ccccc2O1. The van der Waals surface area contributed by atoms with E-state index in [0.29, 0.717) is 11.4 Å². The van der Waals surface area contributed by atoms with Crippen molar-refractivity contribution in [1.82, 2.24) is 0 Å². The minimum absolute atomic E-state index is 0.327. The van der Waals surface area contributed by atoms with Crippen LogP contribution in [-0.4, -0.2) is 24.9 Å². The Morgan fingerprint density at radius 3 is 2.67 bits per heavy atom. The zero-order valence-corrected chi connectivity index (χ0v) is 7.61. The Hall–Kier alpha value is -1.52. The number of benzene rings is 1. The normalized spacial score (nSPS) is 20.9. The molecule has 15 heavy (non-hydrogen) atoms. The van der Waals surface area contributed by atoms with Gasteiger partial charge in [-0.2, -0.15) is 0 Å². The molecule has 1 aromatic rings. The quantitative estimate of drug-likeness (QED) is 0.743. The summed E-state index contributed by atoms with van der Waals surface area (Å²) in [5.41, 5.74) is 0.523. The molecule has 2 unspecified atom stereocenters. The number of fused-ring (bicyclic) bond motifs is 1. The minimum atomic E-state index is -3.06. The highest BCUT2D eigenvalue weighted by Crippen LogP contribution is 2.31. The van der Waals surface area contributed by atoms with Gasteiger partial charge in [-0.15, -0.1) is 0 Å². The molecule has 0 fully saturated rings. The molecule has 0 saturated heterocycles. The van der Waals surface area contributed by atoms with Gasteiger partial charge in [0, 0.05) is 6.21 Å². The van der Waals surface area contributed by atoms with Gasteiger partial charge < -0.3 is 4.74 Å². The summed E-state index contributed by atoms with van der Waals surface area (Å²) in [6.07, 6.45) is -5.65. The van der Waals surface area contributed by atoms with Gasteiger partial charge in [0.1, 0.15) is 11.4 Å². The first-order valence-electron chi connectivity index (χ1n) is 4.40. The maximum atomic E-state index is 12.9. The molecule has 80 valence electrons. The average molecular weight is 215 g/mol. The summed E-state index contributed by atoms with van der Waals surface area (Å²) in [7, 11) is 0. The lowest BCUT2D eigenvalue weighted by molar-refractivity contribution is 0.00575. The van der Waals surface area contributed by atoms with Gasteiger partial charge in [-0.1, -0.05) is 12.1 Å². The van der Waals surface area contributed by atoms with E-state index in [2.05, 4.69) is 4.99 Å². The molecule has 1 aromatic carbocycles. The van der Waals surface area contributed by atoms with Crippen molar-refractivity contribution in [2.45, 2.75) is 18.7 Å². The van der Waals surface area contributed by atoms with Gasteiger partial charge in [0.2, 0.25) is 6.17 Å². The summed E-state index contributed by atoms with van der Waals surface area (Å²) in [5, 5.41) is 0. The van der Waals surface area contributed by atoms with Gasteiger partial charge >= 0.3 is 0 Å². The van der Waals surface area contributed by atoms with Crippen molar-refractivity contribution in [3.63, 3.8) is 0 Å². The largest absolute Gasteiger partial charge is 0.479 e. The number of alkyl halides is 3. The molecule has 1 aliphatic rings. The Morgan fingerprint density at radius 1 is 1.20 bits per heavy atom. The summed E-state index contributed by atoms with van der Waals surface area (Å²) in [5.74, 6) is 0.327. The predicted molar refractivity (Wildman–Crippen MR) is 49.9 cm³/mol. The molecule has 2 nitrogen and oxygen atoms in total. The van der Waals surface area contributed by atoms with E-state index in [1.165, 1.54) is 0 Å². The second kappa shape index (κ2) is 3.92. The molecule has 5 heteroatoms. The number of hydrogen-bond acceptors (Lipinski definition) is 2. The fourth-order valence-electron chi connectivity index (χ4n) is 1.28. The van der Waals surface area contributed by atoms with Gasteiger partial charge in [0.05, 0.1) is 0 Å². The summed E-state index contributed by atoms with van der Waals surface area (Å²) < 4.78 is 42.1. The van der Waals surface area contributed by atoms with Crippen LogP contribution < -0.4 is 4.74 Å². The fourth-order valence-corrected chi connectivity index (χ4v) is 1.28. The summed E-state index contributed by atoms with van der Waals surface area (Å²) in [6.45, 7) is 0. The first-order chi connectivity index (χ1) is 7.18. The van der Waals surface area contributed by atoms with E-state index in [0.717, 1.165) is 6.21 Å². The first kappa shape index (κ1) is 10.0. The van der Waals surface area contributed by atoms with Crippen LogP contribution in [0.4, 0.5) is 18.9 Å². The maximum Gasteiger partial charge on any atom is 0.273 e. The number of hydrogen-bond donors (Lipinski definition) is 0. The third-order valence-electron chi connectivity index (χ3n) is 2.04. The van der Waals surface area contributed by atoms with Crippen LogP contribution in [0.5, 0.6) is 5.75 Å². The zero-order chi connectivity index (χ0) is 10.8. The molecule has 1 aliphatic heterocycles. The number of ether oxygens (including phenoxy) is 1. The number of halogens is 3. The van der Waals surface area contributed by atoms with Crippen molar-refractivity contribution in [2.75, 3.05) is 0 Å². The zero-order valence-electron chi connectivity index (χ0n) is 7.61. The van der Waals surface area contributed by atoms with Gasteiger partial charge in [-0.05, 0) is 12.1 Å². The van der Waals surface area contributed by atoms with Crippen molar-refractivity contribution in [2.24, 2.45) is 4.99 Å². The van der Waals surface area contributed by atoms with E-state index in [1.807, 2.05) is 0 Å². The molecular weight excluding hydrogens is 207 g/mol. The summed E-state index contributed by atoms with van der Waals surface area (Å²) in [4.78, 5) is 3.85. The van der Waals surface area contributed by atoms with Gasteiger partial charge in [-0.3, -0.25) is 4.99 Å². The van der Waals surface area contributed by atoms with Crippen LogP contribution in [0, 0.1) is 0 Å². The smallest absolute Gasteiger partial charge is 0.273 e. The monoisotopic (exact) mass is 215 g/mol. The Kier molecular flexibility index (Phi) is 2.62. The molecule has 0 bridgehead atoms. The van der Waals surface area contributed by atoms with E-state index in [1.54, 1.807) is 24.3 Å². The highest BCUT2D eigenvalue weighted by Gasteiger charge is 2.32.